The molecule has 1 rings (SSSR count). The van der Waals surface area contributed by atoms with Crippen LogP contribution in [0.2, 0.25) is 4.31 Å². The van der Waals surface area contributed by atoms with Crippen LogP contribution >= 0.6 is 0 Å². The van der Waals surface area contributed by atoms with Crippen molar-refractivity contribution in [2.24, 2.45) is 17.6 Å². The molecule has 32 heteroatoms. The van der Waals surface area contributed by atoms with E-state index in [0.29, 0.717) is 6.61 Å². The molecule has 0 aliphatic heterocycles. The predicted molar refractivity (Wildman–Crippen MR) is 340 cm³/mol. The van der Waals surface area contributed by atoms with Crippen LogP contribution in [0.3, 0.4) is 0 Å². The van der Waals surface area contributed by atoms with E-state index in [1.807, 2.05) is 36.4 Å². The number of aliphatic carboxylic acids is 1. The van der Waals surface area contributed by atoms with Crippen molar-refractivity contribution in [1.29, 1.82) is 21.0 Å². The fraction of sp³-hybridized carbons (Fsp3) is 0.635. The number of esters is 7. The first-order valence-electron chi connectivity index (χ1n) is 29.0. The second-order valence-electron chi connectivity index (χ2n) is 25.8. The number of ether oxygens (including phenoxy) is 10. The summed E-state index contributed by atoms with van der Waals surface area (Å²) in [7, 11) is 0. The number of aliphatic hydroxyl groups excluding tert-OH is 1. The van der Waals surface area contributed by atoms with Crippen LogP contribution in [-0.2, 0) is 85.7 Å². The van der Waals surface area contributed by atoms with Crippen LogP contribution in [0.5, 0.6) is 0 Å². The molecule has 7 atom stereocenters. The van der Waals surface area contributed by atoms with Gasteiger partial charge in [-0.2, -0.15) is 15.8 Å². The quantitative estimate of drug-likeness (QED) is 0.0292. The minimum Gasteiger partial charge on any atom is -0.465 e. The third-order valence-electron chi connectivity index (χ3n) is 9.24. The number of benzene rings is 1. The Morgan fingerprint density at radius 1 is 0.526 bits per heavy atom. The zero-order valence-corrected chi connectivity index (χ0v) is 60.0. The molecule has 7 unspecified atom stereocenters. The van der Waals surface area contributed by atoms with Crippen molar-refractivity contribution in [3.05, 3.63) is 42.5 Å². The van der Waals surface area contributed by atoms with Gasteiger partial charge in [0.2, 0.25) is 0 Å². The molecule has 7 N–H and O–H groups in total. The van der Waals surface area contributed by atoms with E-state index in [9.17, 15) is 58.0 Å². The van der Waals surface area contributed by atoms with Crippen molar-refractivity contribution in [3.63, 3.8) is 0 Å². The standard InChI is InChI=1S/C22H30N2O6Se.C16H26N2O6.C12H23NO5.C7H8N2O4.C6H9NO2/c1-20(2,3)29-17(25)16(24-19(27)30-21(4,5)6)13-28-18(26)22(7,14-23)31-15-11-9-8-10-12-15;1-10(8-17)12(19)22-9-11(13(20)23-15(2,3)4)18-14(21)24-16(5,6)7;1-11(2,3)17-9(15)8(7-14)13-10(16)18-12(4,5)6;1-4(2-8)7(12)13-3-5(9)6(10)11;1-3-9-6(8)5(2)4-7/h8-12,16H,13H2,1-7H3,(H,24,27);10-11H,9H2,1-7H3,(H,18,21);8,14H,7H2,1-6H3,(H,13,16);5H,1,3,9H2,(H,10,11);5H,3H2,1-2H3/p+1. The average molecular weight is 1410 g/mol. The van der Waals surface area contributed by atoms with Gasteiger partial charge in [0.15, 0.2) is 12.1 Å². The van der Waals surface area contributed by atoms with E-state index in [0.717, 1.165) is 4.46 Å². The van der Waals surface area contributed by atoms with Gasteiger partial charge in [-0.05, 0) is 104 Å². The summed E-state index contributed by atoms with van der Waals surface area (Å²) in [6, 6.07) is 11.2. The zero-order valence-electron chi connectivity index (χ0n) is 59.3. The smallest absolute Gasteiger partial charge is 0.465 e. The number of aliphatic hydroxyl groups is 1. The van der Waals surface area contributed by atoms with Gasteiger partial charge in [0.25, 0.3) is 0 Å². The van der Waals surface area contributed by atoms with Crippen molar-refractivity contribution in [1.82, 2.24) is 16.0 Å². The van der Waals surface area contributed by atoms with Crippen LogP contribution < -0.4 is 26.1 Å². The number of hydrogen-bond acceptors (Lipinski definition) is 27. The molecular formula is C63H97N8O23Se+. The molecule has 95 heavy (non-hydrogen) atoms. The number of carboxylic acid groups (broad SMARTS) is 1. The molecule has 0 spiro atoms. The minimum atomic E-state index is -1.40. The van der Waals surface area contributed by atoms with Crippen LogP contribution in [-0.4, -0.2) is 182 Å². The number of hydrogen-bond donors (Lipinski definition) is 6. The largest absolute Gasteiger partial charge is 1.00 e. The van der Waals surface area contributed by atoms with Gasteiger partial charge >= 0.3 is 239 Å². The number of rotatable bonds is 21. The molecule has 1 aromatic rings. The maximum absolute atomic E-state index is 12.7. The van der Waals surface area contributed by atoms with Gasteiger partial charge in [-0.15, -0.1) is 0 Å². The maximum atomic E-state index is 12.7. The second kappa shape index (κ2) is 43.0. The molecule has 0 bridgehead atoms. The third kappa shape index (κ3) is 49.2. The Balaban J connectivity index is -0.000000379. The van der Waals surface area contributed by atoms with Crippen molar-refractivity contribution in [3.8, 4) is 24.3 Å². The molecular weight excluding hydrogens is 1320 g/mol. The summed E-state index contributed by atoms with van der Waals surface area (Å²) in [4.78, 5) is 127. The summed E-state index contributed by atoms with van der Waals surface area (Å²) in [5.41, 5.74) is 0.145. The topological polar surface area (TPSA) is 478 Å². The number of nitrogens with zero attached hydrogens (tertiary/aromatic N) is 4. The Bertz CT molecular complexity index is 2900. The molecule has 532 valence electrons. The first kappa shape index (κ1) is 92.3. The van der Waals surface area contributed by atoms with Gasteiger partial charge in [-0.1, -0.05) is 6.58 Å². The van der Waals surface area contributed by atoms with E-state index in [2.05, 4.69) is 32.0 Å². The van der Waals surface area contributed by atoms with Crippen molar-refractivity contribution < 1.29 is 112 Å². The number of nitrogens with two attached hydrogens (primary N) is 1. The normalized spacial score (nSPS) is 13.4. The third-order valence-corrected chi connectivity index (χ3v) is 11.7. The van der Waals surface area contributed by atoms with E-state index in [1.54, 1.807) is 144 Å². The number of carboxylic acids is 1. The SMILES string of the molecule is C=C(C#N)C(=O)OCC(N)C(=O)O.CC(C#N)C(=O)OCC(NC(=O)OC(C)(C)C)C(=O)OC(C)(C)C.CC(C)(C)OC(=O)NC(CO)C(=O)OC(C)(C)C.CC(C)(C)OC(=O)NC(COC(=O)C(C)(C#N)[Se]c1ccccc1)C(=O)OC(C)(C)C.CCOC(=O)C(C)C#N.[H+]. The van der Waals surface area contributed by atoms with E-state index in [-0.39, 0.29) is 1.43 Å². The Labute approximate surface area is 563 Å². The molecule has 0 radical (unpaired) electrons. The molecule has 0 fully saturated rings. The summed E-state index contributed by atoms with van der Waals surface area (Å²) in [6.45, 7) is 37.8. The Hall–Kier alpha value is -9.07. The molecule has 0 saturated heterocycles. The fourth-order valence-electron chi connectivity index (χ4n) is 5.15. The molecule has 0 aliphatic carbocycles. The monoisotopic (exact) mass is 1410 g/mol. The molecule has 0 aliphatic rings. The molecule has 3 amide bonds. The Morgan fingerprint density at radius 3 is 1.17 bits per heavy atom. The summed E-state index contributed by atoms with van der Waals surface area (Å²) in [6.07, 6.45) is -2.47. The van der Waals surface area contributed by atoms with Crippen LogP contribution in [0.25, 0.3) is 0 Å². The molecule has 31 nitrogen and oxygen atoms in total. The summed E-state index contributed by atoms with van der Waals surface area (Å²) < 4.78 is 49.3. The van der Waals surface area contributed by atoms with Gasteiger partial charge in [-0.25, -0.2) is 24.0 Å². The van der Waals surface area contributed by atoms with Gasteiger partial charge in [0.1, 0.15) is 65.1 Å². The Kier molecular flexibility index (Phi) is 41.8. The summed E-state index contributed by atoms with van der Waals surface area (Å²) in [5.74, 6) is -8.12. The van der Waals surface area contributed by atoms with Gasteiger partial charge < -0.3 is 59.7 Å². The van der Waals surface area contributed by atoms with Gasteiger partial charge in [0.05, 0.1) is 25.4 Å². The zero-order chi connectivity index (χ0) is 75.3. The van der Waals surface area contributed by atoms with Crippen LogP contribution in [0, 0.1) is 57.2 Å². The number of amides is 3. The molecule has 0 heterocycles. The van der Waals surface area contributed by atoms with Crippen LogP contribution in [0.15, 0.2) is 42.5 Å². The maximum Gasteiger partial charge on any atom is 1.00 e. The number of nitriles is 4. The summed E-state index contributed by atoms with van der Waals surface area (Å²) in [5, 5.41) is 58.9. The molecule has 1 aromatic carbocycles. The average Bonchev–Trinajstić information content (AvgIpc) is 0.991. The van der Waals surface area contributed by atoms with E-state index in [1.165, 1.54) is 26.8 Å². The van der Waals surface area contributed by atoms with E-state index < -0.39 is 187 Å². The van der Waals surface area contributed by atoms with Crippen molar-refractivity contribution in [2.75, 3.05) is 33.0 Å². The fourth-order valence-corrected chi connectivity index (χ4v) is 7.15. The van der Waals surface area contributed by atoms with Crippen LogP contribution in [0.1, 0.15) is 154 Å². The van der Waals surface area contributed by atoms with Crippen molar-refractivity contribution in [2.45, 2.75) is 214 Å². The van der Waals surface area contributed by atoms with Crippen molar-refractivity contribution >= 4 is 85.5 Å². The minimum absolute atomic E-state index is 0. The molecule has 0 aromatic heterocycles. The first-order chi connectivity index (χ1) is 43.0. The first-order valence-corrected chi connectivity index (χ1v) is 30.7. The van der Waals surface area contributed by atoms with E-state index >= 15 is 0 Å². The number of nitrogens with one attached hydrogen (secondary N) is 3. The van der Waals surface area contributed by atoms with Gasteiger partial charge in [0, 0.05) is 0 Å². The predicted octanol–water partition coefficient (Wildman–Crippen LogP) is 5.48. The second-order valence-corrected chi connectivity index (χ2v) is 28.9. The molecule has 0 saturated carbocycles. The number of carbonyl (C=O) groups is 11. The van der Waals surface area contributed by atoms with E-state index in [4.69, 9.17) is 69.6 Å². The number of alkyl carbamates (subject to hydrolysis) is 3. The number of carbonyl (C=O) groups excluding carboxylic acids is 10. The van der Waals surface area contributed by atoms with Crippen LogP contribution in [0.4, 0.5) is 14.4 Å². The Morgan fingerprint density at radius 2 is 0.863 bits per heavy atom. The summed E-state index contributed by atoms with van der Waals surface area (Å²) >= 11 is -0.528. The van der Waals surface area contributed by atoms with Gasteiger partial charge in [-0.3, -0.25) is 14.4 Å².